The number of amides is 2. The van der Waals surface area contributed by atoms with Gasteiger partial charge >= 0.3 is 5.97 Å². The van der Waals surface area contributed by atoms with E-state index in [4.69, 9.17) is 11.6 Å². The lowest BCUT2D eigenvalue weighted by atomic mass is 10.1. The van der Waals surface area contributed by atoms with Crippen LogP contribution in [0.3, 0.4) is 0 Å². The summed E-state index contributed by atoms with van der Waals surface area (Å²) < 4.78 is 4.67. The molecule has 0 aliphatic rings. The van der Waals surface area contributed by atoms with Gasteiger partial charge in [0, 0.05) is 6.92 Å². The van der Waals surface area contributed by atoms with Gasteiger partial charge in [-0.2, -0.15) is 0 Å². The lowest BCUT2D eigenvalue weighted by Gasteiger charge is -2.24. The van der Waals surface area contributed by atoms with E-state index in [-0.39, 0.29) is 28.7 Å². The largest absolute Gasteiger partial charge is 0.465 e. The van der Waals surface area contributed by atoms with Crippen molar-refractivity contribution in [3.63, 3.8) is 0 Å². The Morgan fingerprint density at radius 1 is 1.11 bits per heavy atom. The Hall–Kier alpha value is -2.86. The maximum Gasteiger partial charge on any atom is 0.337 e. The van der Waals surface area contributed by atoms with Gasteiger partial charge in [0.25, 0.3) is 0 Å². The first-order valence-electron chi connectivity index (χ1n) is 8.26. The summed E-state index contributed by atoms with van der Waals surface area (Å²) in [5.41, 5.74) is 3.02. The van der Waals surface area contributed by atoms with Crippen LogP contribution in [0.15, 0.2) is 36.4 Å². The molecule has 27 heavy (non-hydrogen) atoms. The van der Waals surface area contributed by atoms with Crippen LogP contribution in [-0.4, -0.2) is 31.4 Å². The van der Waals surface area contributed by atoms with Crippen LogP contribution in [0.2, 0.25) is 5.02 Å². The zero-order valence-electron chi connectivity index (χ0n) is 15.6. The Balaban J connectivity index is 2.25. The quantitative estimate of drug-likeness (QED) is 0.792. The fraction of sp³-hybridized carbons (Fsp3) is 0.250. The van der Waals surface area contributed by atoms with Crippen molar-refractivity contribution in [1.82, 2.24) is 0 Å². The molecular formula is C20H21ClN2O4. The average Bonchev–Trinajstić information content (AvgIpc) is 2.61. The van der Waals surface area contributed by atoms with E-state index in [0.29, 0.717) is 5.69 Å². The van der Waals surface area contributed by atoms with Gasteiger partial charge in [-0.05, 0) is 43.2 Å². The van der Waals surface area contributed by atoms with Crippen LogP contribution in [-0.2, 0) is 14.3 Å². The molecule has 0 heterocycles. The molecule has 0 aliphatic carbocycles. The number of nitrogens with one attached hydrogen (secondary N) is 1. The molecule has 0 spiro atoms. The van der Waals surface area contributed by atoms with Crippen molar-refractivity contribution < 1.29 is 19.1 Å². The number of anilines is 2. The number of carbonyl (C=O) groups is 3. The van der Waals surface area contributed by atoms with Crippen LogP contribution in [0.4, 0.5) is 11.4 Å². The summed E-state index contributed by atoms with van der Waals surface area (Å²) >= 11 is 6.11. The number of esters is 1. The van der Waals surface area contributed by atoms with E-state index in [9.17, 15) is 14.4 Å². The SMILES string of the molecule is COC(=O)c1ccc(Cl)c(NC(=O)CN(C(C)=O)c2c(C)cccc2C)c1. The molecule has 142 valence electrons. The van der Waals surface area contributed by atoms with Crippen molar-refractivity contribution in [2.24, 2.45) is 0 Å². The van der Waals surface area contributed by atoms with Crippen molar-refractivity contribution in [2.75, 3.05) is 23.9 Å². The number of para-hydroxylation sites is 1. The Kier molecular flexibility index (Phi) is 6.58. The van der Waals surface area contributed by atoms with Gasteiger partial charge in [0.15, 0.2) is 0 Å². The van der Waals surface area contributed by atoms with E-state index in [1.807, 2.05) is 32.0 Å². The van der Waals surface area contributed by atoms with Gasteiger partial charge in [-0.25, -0.2) is 4.79 Å². The number of ether oxygens (including phenoxy) is 1. The van der Waals surface area contributed by atoms with Gasteiger partial charge in [0.05, 0.1) is 29.1 Å². The van der Waals surface area contributed by atoms with Crippen molar-refractivity contribution in [3.8, 4) is 0 Å². The van der Waals surface area contributed by atoms with Crippen LogP contribution >= 0.6 is 11.6 Å². The monoisotopic (exact) mass is 388 g/mol. The third kappa shape index (κ3) is 4.86. The molecule has 1 N–H and O–H groups in total. The second-order valence-corrected chi connectivity index (χ2v) is 6.49. The summed E-state index contributed by atoms with van der Waals surface area (Å²) in [7, 11) is 1.27. The molecule has 0 aliphatic heterocycles. The van der Waals surface area contributed by atoms with Crippen molar-refractivity contribution in [3.05, 3.63) is 58.1 Å². The summed E-state index contributed by atoms with van der Waals surface area (Å²) in [6, 6.07) is 10.1. The Morgan fingerprint density at radius 2 is 1.74 bits per heavy atom. The summed E-state index contributed by atoms with van der Waals surface area (Å²) in [6.07, 6.45) is 0. The lowest BCUT2D eigenvalue weighted by molar-refractivity contribution is -0.120. The predicted octanol–water partition coefficient (Wildman–Crippen LogP) is 3.74. The third-order valence-electron chi connectivity index (χ3n) is 4.05. The number of benzene rings is 2. The number of methoxy groups -OCH3 is 1. The van der Waals surface area contributed by atoms with Crippen molar-refractivity contribution >= 4 is 40.8 Å². The minimum Gasteiger partial charge on any atom is -0.465 e. The molecular weight excluding hydrogens is 368 g/mol. The van der Waals surface area contributed by atoms with Gasteiger partial charge in [0.1, 0.15) is 6.54 Å². The van der Waals surface area contributed by atoms with Crippen LogP contribution in [0, 0.1) is 13.8 Å². The minimum atomic E-state index is -0.539. The van der Waals surface area contributed by atoms with Gasteiger partial charge < -0.3 is 15.0 Å². The van der Waals surface area contributed by atoms with E-state index in [2.05, 4.69) is 10.1 Å². The summed E-state index contributed by atoms with van der Waals surface area (Å²) in [5.74, 6) is -1.23. The molecule has 0 atom stereocenters. The second kappa shape index (κ2) is 8.68. The molecule has 6 nitrogen and oxygen atoms in total. The predicted molar refractivity (Wildman–Crippen MR) is 105 cm³/mol. The van der Waals surface area contributed by atoms with Gasteiger partial charge in [0.2, 0.25) is 11.8 Å². The molecule has 0 bridgehead atoms. The Bertz CT molecular complexity index is 875. The molecule has 0 aromatic heterocycles. The summed E-state index contributed by atoms with van der Waals surface area (Å²) in [5, 5.41) is 2.93. The fourth-order valence-electron chi connectivity index (χ4n) is 2.78. The van der Waals surface area contributed by atoms with E-state index >= 15 is 0 Å². The van der Waals surface area contributed by atoms with E-state index in [0.717, 1.165) is 11.1 Å². The smallest absolute Gasteiger partial charge is 0.337 e. The zero-order valence-corrected chi connectivity index (χ0v) is 16.4. The molecule has 2 aromatic carbocycles. The van der Waals surface area contributed by atoms with Crippen LogP contribution < -0.4 is 10.2 Å². The lowest BCUT2D eigenvalue weighted by Crippen LogP contribution is -2.37. The molecule has 0 fully saturated rings. The first-order chi connectivity index (χ1) is 12.7. The summed E-state index contributed by atoms with van der Waals surface area (Å²) in [4.78, 5) is 37.8. The average molecular weight is 389 g/mol. The van der Waals surface area contributed by atoms with Crippen molar-refractivity contribution in [1.29, 1.82) is 0 Å². The van der Waals surface area contributed by atoms with Gasteiger partial charge in [-0.1, -0.05) is 29.8 Å². The number of hydrogen-bond donors (Lipinski definition) is 1. The van der Waals surface area contributed by atoms with Crippen molar-refractivity contribution in [2.45, 2.75) is 20.8 Å². The second-order valence-electron chi connectivity index (χ2n) is 6.08. The van der Waals surface area contributed by atoms with Gasteiger partial charge in [-0.15, -0.1) is 0 Å². The van der Waals surface area contributed by atoms with E-state index in [1.54, 1.807) is 0 Å². The third-order valence-corrected chi connectivity index (χ3v) is 4.38. The molecule has 0 saturated carbocycles. The summed E-state index contributed by atoms with van der Waals surface area (Å²) in [6.45, 7) is 4.99. The van der Waals surface area contributed by atoms with Crippen LogP contribution in [0.5, 0.6) is 0 Å². The standard InChI is InChI=1S/C20H21ClN2O4/c1-12-6-5-7-13(2)19(12)23(14(3)24)11-18(25)22-17-10-15(20(26)27-4)8-9-16(17)21/h5-10H,11H2,1-4H3,(H,22,25). The highest BCUT2D eigenvalue weighted by Gasteiger charge is 2.20. The highest BCUT2D eigenvalue weighted by Crippen LogP contribution is 2.26. The highest BCUT2D eigenvalue weighted by molar-refractivity contribution is 6.34. The highest BCUT2D eigenvalue weighted by atomic mass is 35.5. The molecule has 2 aromatic rings. The van der Waals surface area contributed by atoms with Crippen LogP contribution in [0.25, 0.3) is 0 Å². The van der Waals surface area contributed by atoms with Gasteiger partial charge in [-0.3, -0.25) is 9.59 Å². The molecule has 7 heteroatoms. The zero-order chi connectivity index (χ0) is 20.1. The number of rotatable bonds is 5. The molecule has 0 unspecified atom stereocenters. The molecule has 0 saturated heterocycles. The first kappa shape index (κ1) is 20.5. The Labute approximate surface area is 163 Å². The first-order valence-corrected chi connectivity index (χ1v) is 8.64. The number of nitrogens with zero attached hydrogens (tertiary/aromatic N) is 1. The molecule has 2 amide bonds. The normalized spacial score (nSPS) is 10.3. The van der Waals surface area contributed by atoms with Crippen LogP contribution in [0.1, 0.15) is 28.4 Å². The number of aryl methyl sites for hydroxylation is 2. The molecule has 0 radical (unpaired) electrons. The number of carbonyl (C=O) groups excluding carboxylic acids is 3. The Morgan fingerprint density at radius 3 is 2.30 bits per heavy atom. The number of halogens is 1. The topological polar surface area (TPSA) is 75.7 Å². The van der Waals surface area contributed by atoms with E-state index < -0.39 is 11.9 Å². The minimum absolute atomic E-state index is 0.181. The number of hydrogen-bond acceptors (Lipinski definition) is 4. The fourth-order valence-corrected chi connectivity index (χ4v) is 2.94. The van der Waals surface area contributed by atoms with E-state index in [1.165, 1.54) is 37.1 Å². The maximum atomic E-state index is 12.5. The molecule has 2 rings (SSSR count). The maximum absolute atomic E-state index is 12.5.